The molecule has 19 heavy (non-hydrogen) atoms. The number of ether oxygens (including phenoxy) is 2. The zero-order valence-electron chi connectivity index (χ0n) is 10.7. The summed E-state index contributed by atoms with van der Waals surface area (Å²) in [6.07, 6.45) is 0. The molecule has 0 unspecified atom stereocenters. The van der Waals surface area contributed by atoms with E-state index in [2.05, 4.69) is 9.46 Å². The van der Waals surface area contributed by atoms with E-state index >= 15 is 0 Å². The van der Waals surface area contributed by atoms with Crippen LogP contribution in [0.1, 0.15) is 6.92 Å². The molecule has 0 atom stereocenters. The van der Waals surface area contributed by atoms with E-state index in [1.54, 1.807) is 6.92 Å². The normalized spacial score (nSPS) is 11.1. The van der Waals surface area contributed by atoms with Crippen LogP contribution >= 0.6 is 0 Å². The maximum atomic E-state index is 12.0. The van der Waals surface area contributed by atoms with Crippen LogP contribution in [0.2, 0.25) is 0 Å². The highest BCUT2D eigenvalue weighted by Crippen LogP contribution is 2.25. The van der Waals surface area contributed by atoms with Crippen molar-refractivity contribution in [3.05, 3.63) is 18.2 Å². The second kappa shape index (κ2) is 6.39. The monoisotopic (exact) mass is 288 g/mol. The number of sulfonamides is 1. The van der Waals surface area contributed by atoms with Crippen LogP contribution in [0.15, 0.2) is 23.1 Å². The van der Waals surface area contributed by atoms with Gasteiger partial charge >= 0.3 is 5.97 Å². The second-order valence-electron chi connectivity index (χ2n) is 3.54. The van der Waals surface area contributed by atoms with Gasteiger partial charge in [0.25, 0.3) is 0 Å². The summed E-state index contributed by atoms with van der Waals surface area (Å²) in [7, 11) is -2.55. The first kappa shape index (κ1) is 15.3. The zero-order chi connectivity index (χ0) is 14.5. The summed E-state index contributed by atoms with van der Waals surface area (Å²) < 4.78 is 35.7. The van der Waals surface area contributed by atoms with Crippen molar-refractivity contribution in [1.29, 1.82) is 0 Å². The fourth-order valence-electron chi connectivity index (χ4n) is 1.35. The smallest absolute Gasteiger partial charge is 0.321 e. The van der Waals surface area contributed by atoms with Crippen LogP contribution in [-0.4, -0.2) is 34.6 Å². The maximum Gasteiger partial charge on any atom is 0.321 e. The third-order valence-electron chi connectivity index (χ3n) is 2.19. The maximum absolute atomic E-state index is 12.0. The average molecular weight is 288 g/mol. The quantitative estimate of drug-likeness (QED) is 0.568. The van der Waals surface area contributed by atoms with Crippen molar-refractivity contribution in [3.63, 3.8) is 0 Å². The minimum Gasteiger partial charge on any atom is -0.495 e. The molecule has 0 radical (unpaired) electrons. The number of carbonyl (C=O) groups excluding carboxylic acids is 1. The molecule has 0 saturated heterocycles. The van der Waals surface area contributed by atoms with E-state index < -0.39 is 22.5 Å². The lowest BCUT2D eigenvalue weighted by atomic mass is 10.3. The molecule has 1 aromatic rings. The summed E-state index contributed by atoms with van der Waals surface area (Å²) in [6, 6.07) is 4.21. The summed E-state index contributed by atoms with van der Waals surface area (Å²) in [5, 5.41) is 0. The summed E-state index contributed by atoms with van der Waals surface area (Å²) in [5.74, 6) is -0.514. The summed E-state index contributed by atoms with van der Waals surface area (Å²) in [4.78, 5) is 11.0. The number of benzene rings is 1. The van der Waals surface area contributed by atoms with Crippen LogP contribution in [-0.2, 0) is 19.6 Å². The van der Waals surface area contributed by atoms with Gasteiger partial charge in [-0.3, -0.25) is 4.79 Å². The highest BCUT2D eigenvalue weighted by Gasteiger charge is 2.20. The molecule has 0 fully saturated rings. The first-order valence-corrected chi connectivity index (χ1v) is 6.97. The van der Waals surface area contributed by atoms with Gasteiger partial charge in [0.05, 0.1) is 13.7 Å². The van der Waals surface area contributed by atoms with Crippen molar-refractivity contribution >= 4 is 21.7 Å². The van der Waals surface area contributed by atoms with Crippen LogP contribution in [0.5, 0.6) is 5.75 Å². The largest absolute Gasteiger partial charge is 0.495 e. The molecule has 0 aliphatic heterocycles. The van der Waals surface area contributed by atoms with Gasteiger partial charge < -0.3 is 15.2 Å². The van der Waals surface area contributed by atoms with Gasteiger partial charge in [-0.1, -0.05) is 0 Å². The Labute approximate surface area is 111 Å². The van der Waals surface area contributed by atoms with Crippen molar-refractivity contribution < 1.29 is 22.7 Å². The van der Waals surface area contributed by atoms with Crippen molar-refractivity contribution in [3.8, 4) is 5.75 Å². The predicted octanol–water partition coefficient (Wildman–Crippen LogP) is 0.119. The lowest BCUT2D eigenvalue weighted by Crippen LogP contribution is -2.31. The molecule has 1 aromatic carbocycles. The van der Waals surface area contributed by atoms with Gasteiger partial charge in [0, 0.05) is 5.69 Å². The van der Waals surface area contributed by atoms with E-state index in [0.717, 1.165) is 0 Å². The number of rotatable bonds is 6. The van der Waals surface area contributed by atoms with Crippen LogP contribution in [0.25, 0.3) is 0 Å². The Balaban J connectivity index is 2.94. The SMILES string of the molecule is CCOC(=O)CNS(=O)(=O)c1cc(N)ccc1OC. The molecule has 106 valence electrons. The van der Waals surface area contributed by atoms with E-state index in [4.69, 9.17) is 10.5 Å². The topological polar surface area (TPSA) is 108 Å². The Kier molecular flexibility index (Phi) is 5.13. The summed E-state index contributed by atoms with van der Waals surface area (Å²) in [6.45, 7) is 1.36. The van der Waals surface area contributed by atoms with Gasteiger partial charge in [0.15, 0.2) is 0 Å². The average Bonchev–Trinajstić information content (AvgIpc) is 2.37. The molecule has 0 aliphatic rings. The fraction of sp³-hybridized carbons (Fsp3) is 0.364. The number of nitrogen functional groups attached to an aromatic ring is 1. The number of hydrogen-bond acceptors (Lipinski definition) is 6. The van der Waals surface area contributed by atoms with Crippen LogP contribution < -0.4 is 15.2 Å². The number of hydrogen-bond donors (Lipinski definition) is 2. The second-order valence-corrected chi connectivity index (χ2v) is 5.28. The number of esters is 1. The molecule has 8 heteroatoms. The number of nitrogens with one attached hydrogen (secondary N) is 1. The predicted molar refractivity (Wildman–Crippen MR) is 69.2 cm³/mol. The van der Waals surface area contributed by atoms with E-state index in [0.29, 0.717) is 0 Å². The Morgan fingerprint density at radius 3 is 2.68 bits per heavy atom. The Morgan fingerprint density at radius 1 is 1.42 bits per heavy atom. The molecule has 0 bridgehead atoms. The number of nitrogens with two attached hydrogens (primary N) is 1. The Bertz CT molecular complexity index is 556. The molecule has 0 aliphatic carbocycles. The first-order chi connectivity index (χ1) is 8.90. The van der Waals surface area contributed by atoms with Gasteiger partial charge in [-0.05, 0) is 25.1 Å². The van der Waals surface area contributed by atoms with Crippen LogP contribution in [0.3, 0.4) is 0 Å². The van der Waals surface area contributed by atoms with Gasteiger partial charge in [-0.15, -0.1) is 0 Å². The van der Waals surface area contributed by atoms with Crippen molar-refractivity contribution in [2.24, 2.45) is 0 Å². The van der Waals surface area contributed by atoms with E-state index in [-0.39, 0.29) is 22.9 Å². The van der Waals surface area contributed by atoms with Gasteiger partial charge in [0.1, 0.15) is 17.2 Å². The third kappa shape index (κ3) is 4.11. The van der Waals surface area contributed by atoms with Crippen molar-refractivity contribution in [1.82, 2.24) is 4.72 Å². The molecule has 1 rings (SSSR count). The number of carbonyl (C=O) groups is 1. The summed E-state index contributed by atoms with van der Waals surface area (Å²) >= 11 is 0. The lowest BCUT2D eigenvalue weighted by Gasteiger charge is -2.11. The highest BCUT2D eigenvalue weighted by atomic mass is 32.2. The Morgan fingerprint density at radius 2 is 2.11 bits per heavy atom. The van der Waals surface area contributed by atoms with E-state index in [1.165, 1.54) is 25.3 Å². The highest BCUT2D eigenvalue weighted by molar-refractivity contribution is 7.89. The molecular weight excluding hydrogens is 272 g/mol. The van der Waals surface area contributed by atoms with Crippen molar-refractivity contribution in [2.45, 2.75) is 11.8 Å². The molecule has 7 nitrogen and oxygen atoms in total. The minimum atomic E-state index is -3.89. The zero-order valence-corrected chi connectivity index (χ0v) is 11.5. The number of methoxy groups -OCH3 is 1. The lowest BCUT2D eigenvalue weighted by molar-refractivity contribution is -0.141. The molecular formula is C11H16N2O5S. The molecule has 0 amide bonds. The molecule has 0 spiro atoms. The Hall–Kier alpha value is -1.80. The van der Waals surface area contributed by atoms with E-state index in [9.17, 15) is 13.2 Å². The van der Waals surface area contributed by atoms with Crippen LogP contribution in [0, 0.1) is 0 Å². The minimum absolute atomic E-state index is 0.126. The molecule has 3 N–H and O–H groups in total. The fourth-order valence-corrected chi connectivity index (χ4v) is 2.52. The summed E-state index contributed by atoms with van der Waals surface area (Å²) in [5.41, 5.74) is 5.82. The molecule has 0 aromatic heterocycles. The first-order valence-electron chi connectivity index (χ1n) is 5.49. The molecule has 0 saturated carbocycles. The third-order valence-corrected chi connectivity index (χ3v) is 3.61. The van der Waals surface area contributed by atoms with Crippen molar-refractivity contribution in [2.75, 3.05) is 26.0 Å². The van der Waals surface area contributed by atoms with Gasteiger partial charge in [-0.25, -0.2) is 8.42 Å². The van der Waals surface area contributed by atoms with E-state index in [1.807, 2.05) is 0 Å². The van der Waals surface area contributed by atoms with Crippen LogP contribution in [0.4, 0.5) is 5.69 Å². The number of anilines is 1. The van der Waals surface area contributed by atoms with Gasteiger partial charge in [-0.2, -0.15) is 4.72 Å². The molecule has 0 heterocycles. The standard InChI is InChI=1S/C11H16N2O5S/c1-3-18-11(14)7-13-19(15,16)10-6-8(12)4-5-9(10)17-2/h4-6,13H,3,7,12H2,1-2H3. The van der Waals surface area contributed by atoms with Gasteiger partial charge in [0.2, 0.25) is 10.0 Å².